The van der Waals surface area contributed by atoms with E-state index in [-0.39, 0.29) is 30.6 Å². The molecule has 2 aromatic heterocycles. The van der Waals surface area contributed by atoms with Crippen LogP contribution < -0.4 is 5.32 Å². The Labute approximate surface area is 136 Å². The van der Waals surface area contributed by atoms with Crippen molar-refractivity contribution in [1.29, 1.82) is 0 Å². The van der Waals surface area contributed by atoms with Gasteiger partial charge in [0.05, 0.1) is 18.8 Å². The van der Waals surface area contributed by atoms with Gasteiger partial charge in [-0.1, -0.05) is 5.16 Å². The van der Waals surface area contributed by atoms with Crippen molar-refractivity contribution < 1.29 is 23.3 Å². The van der Waals surface area contributed by atoms with Gasteiger partial charge < -0.3 is 23.9 Å². The number of piperazine rings is 1. The molecule has 24 heavy (non-hydrogen) atoms. The van der Waals surface area contributed by atoms with E-state index in [9.17, 15) is 9.59 Å². The smallest absolute Gasteiger partial charge is 0.410 e. The topological polar surface area (TPSA) is 114 Å². The van der Waals surface area contributed by atoms with Gasteiger partial charge in [-0.3, -0.25) is 4.90 Å². The lowest BCUT2D eigenvalue weighted by Gasteiger charge is -2.35. The maximum Gasteiger partial charge on any atom is 0.410 e. The van der Waals surface area contributed by atoms with Crippen molar-refractivity contribution in [3.8, 4) is 11.7 Å². The van der Waals surface area contributed by atoms with Crippen molar-refractivity contribution in [2.24, 2.45) is 0 Å². The molecule has 1 unspecified atom stereocenters. The van der Waals surface area contributed by atoms with Gasteiger partial charge in [-0.25, -0.2) is 9.59 Å². The Morgan fingerprint density at radius 1 is 1.42 bits per heavy atom. The number of hydrogen-bond acceptors (Lipinski definition) is 7. The maximum absolute atomic E-state index is 12.2. The second-order valence-electron chi connectivity index (χ2n) is 5.52. The molecule has 10 heteroatoms. The molecule has 2 aliphatic heterocycles. The number of amides is 3. The van der Waals surface area contributed by atoms with E-state index in [2.05, 4.69) is 15.5 Å². The Balaban J connectivity index is 1.31. The largest absolute Gasteiger partial charge is 0.459 e. The van der Waals surface area contributed by atoms with Crippen LogP contribution in [0.15, 0.2) is 27.3 Å². The highest BCUT2D eigenvalue weighted by atomic mass is 16.6. The number of ether oxygens (including phenoxy) is 1. The van der Waals surface area contributed by atoms with Crippen LogP contribution in [-0.4, -0.2) is 64.3 Å². The summed E-state index contributed by atoms with van der Waals surface area (Å²) in [5.41, 5.74) is 0. The van der Waals surface area contributed by atoms with E-state index >= 15 is 0 Å². The lowest BCUT2D eigenvalue weighted by Crippen LogP contribution is -2.55. The molecule has 3 amide bonds. The average Bonchev–Trinajstić information content (AvgIpc) is 3.33. The molecule has 2 aromatic rings. The number of carbonyl (C=O) groups excluding carboxylic acids is 2. The van der Waals surface area contributed by atoms with E-state index in [4.69, 9.17) is 13.7 Å². The molecular formula is C14H15N5O5. The molecule has 1 N–H and O–H groups in total. The molecule has 126 valence electrons. The molecule has 1 atom stereocenters. The normalized spacial score (nSPS) is 20.0. The lowest BCUT2D eigenvalue weighted by atomic mass is 10.2. The molecular weight excluding hydrogens is 318 g/mol. The average molecular weight is 333 g/mol. The summed E-state index contributed by atoms with van der Waals surface area (Å²) in [7, 11) is 0. The van der Waals surface area contributed by atoms with Gasteiger partial charge in [0.15, 0.2) is 11.6 Å². The number of furan rings is 1. The summed E-state index contributed by atoms with van der Waals surface area (Å²) in [5, 5.41) is 6.55. The highest BCUT2D eigenvalue weighted by Crippen LogP contribution is 2.18. The summed E-state index contributed by atoms with van der Waals surface area (Å²) in [6.07, 6.45) is 1.20. The van der Waals surface area contributed by atoms with Crippen molar-refractivity contribution in [1.82, 2.24) is 25.3 Å². The summed E-state index contributed by atoms with van der Waals surface area (Å²) in [6.45, 7) is 1.84. The number of nitrogens with zero attached hydrogens (tertiary/aromatic N) is 4. The van der Waals surface area contributed by atoms with E-state index in [0.717, 1.165) is 0 Å². The molecule has 0 spiro atoms. The molecule has 0 saturated carbocycles. The molecule has 10 nitrogen and oxygen atoms in total. The van der Waals surface area contributed by atoms with Crippen LogP contribution in [0.3, 0.4) is 0 Å². The van der Waals surface area contributed by atoms with Crippen molar-refractivity contribution in [2.45, 2.75) is 12.6 Å². The monoisotopic (exact) mass is 333 g/mol. The first kappa shape index (κ1) is 14.5. The first-order chi connectivity index (χ1) is 11.7. The number of rotatable bonds is 3. The van der Waals surface area contributed by atoms with Crippen molar-refractivity contribution in [3.05, 3.63) is 24.2 Å². The first-order valence-corrected chi connectivity index (χ1v) is 7.53. The molecule has 4 heterocycles. The predicted octanol–water partition coefficient (Wildman–Crippen LogP) is 0.676. The number of nitrogens with one attached hydrogen (secondary N) is 1. The minimum absolute atomic E-state index is 0.0762. The standard InChI is InChI=1S/C14H15N5O5/c20-13(18-3-4-19-9(7-18)8-23-14(19)21)15-6-11-16-12(24-17-11)10-2-1-5-22-10/h1-2,5,9H,3-4,6-8H2,(H,15,20). The number of aromatic nitrogens is 2. The van der Waals surface area contributed by atoms with Crippen LogP contribution in [0, 0.1) is 0 Å². The zero-order valence-corrected chi connectivity index (χ0v) is 12.7. The number of fused-ring (bicyclic) bond motifs is 1. The number of carbonyl (C=O) groups is 2. The SMILES string of the molecule is O=C(NCc1noc(-c2ccco2)n1)N1CCN2C(=O)OCC2C1. The second kappa shape index (κ2) is 5.87. The van der Waals surface area contributed by atoms with Gasteiger partial charge >= 0.3 is 12.1 Å². The van der Waals surface area contributed by atoms with Gasteiger partial charge in [0.1, 0.15) is 6.61 Å². The van der Waals surface area contributed by atoms with Crippen molar-refractivity contribution in [3.63, 3.8) is 0 Å². The third-order valence-electron chi connectivity index (χ3n) is 4.00. The Morgan fingerprint density at radius 3 is 3.17 bits per heavy atom. The third kappa shape index (κ3) is 2.66. The number of urea groups is 1. The van der Waals surface area contributed by atoms with Crippen molar-refractivity contribution >= 4 is 12.1 Å². The fraction of sp³-hybridized carbons (Fsp3) is 0.429. The van der Waals surface area contributed by atoms with Gasteiger partial charge in [-0.2, -0.15) is 4.98 Å². The van der Waals surface area contributed by atoms with Crippen molar-refractivity contribution in [2.75, 3.05) is 26.2 Å². The second-order valence-corrected chi connectivity index (χ2v) is 5.52. The molecule has 0 aliphatic carbocycles. The molecule has 2 fully saturated rings. The van der Waals surface area contributed by atoms with E-state index in [1.165, 1.54) is 6.26 Å². The van der Waals surface area contributed by atoms with E-state index in [1.807, 2.05) is 0 Å². The van der Waals surface area contributed by atoms with Gasteiger partial charge in [-0.15, -0.1) is 0 Å². The minimum atomic E-state index is -0.308. The summed E-state index contributed by atoms with van der Waals surface area (Å²) in [4.78, 5) is 31.1. The molecule has 2 aliphatic rings. The van der Waals surface area contributed by atoms with E-state index in [1.54, 1.807) is 21.9 Å². The predicted molar refractivity (Wildman–Crippen MR) is 77.7 cm³/mol. The van der Waals surface area contributed by atoms with Crippen LogP contribution >= 0.6 is 0 Å². The Bertz CT molecular complexity index is 743. The highest BCUT2D eigenvalue weighted by Gasteiger charge is 2.38. The minimum Gasteiger partial charge on any atom is -0.459 e. The zero-order chi connectivity index (χ0) is 16.5. The zero-order valence-electron chi connectivity index (χ0n) is 12.7. The van der Waals surface area contributed by atoms with Crippen LogP contribution in [-0.2, 0) is 11.3 Å². The summed E-state index contributed by atoms with van der Waals surface area (Å²) < 4.78 is 15.2. The van der Waals surface area contributed by atoms with Crippen LogP contribution in [0.25, 0.3) is 11.7 Å². The maximum atomic E-state index is 12.2. The van der Waals surface area contributed by atoms with E-state index in [0.29, 0.717) is 37.8 Å². The number of hydrogen-bond donors (Lipinski definition) is 1. The van der Waals surface area contributed by atoms with E-state index < -0.39 is 0 Å². The molecule has 4 rings (SSSR count). The first-order valence-electron chi connectivity index (χ1n) is 7.53. The Hall–Kier alpha value is -3.04. The highest BCUT2D eigenvalue weighted by molar-refractivity contribution is 5.75. The molecule has 0 bridgehead atoms. The molecule has 0 radical (unpaired) electrons. The summed E-state index contributed by atoms with van der Waals surface area (Å²) >= 11 is 0. The third-order valence-corrected chi connectivity index (χ3v) is 4.00. The lowest BCUT2D eigenvalue weighted by molar-refractivity contribution is 0.127. The van der Waals surface area contributed by atoms with Gasteiger partial charge in [0, 0.05) is 19.6 Å². The fourth-order valence-corrected chi connectivity index (χ4v) is 2.77. The fourth-order valence-electron chi connectivity index (χ4n) is 2.77. The van der Waals surface area contributed by atoms with Crippen LogP contribution in [0.1, 0.15) is 5.82 Å². The van der Waals surface area contributed by atoms with Crippen LogP contribution in [0.4, 0.5) is 9.59 Å². The van der Waals surface area contributed by atoms with Gasteiger partial charge in [-0.05, 0) is 12.1 Å². The number of cyclic esters (lactones) is 1. The van der Waals surface area contributed by atoms with Gasteiger partial charge in [0.25, 0.3) is 5.89 Å². The Morgan fingerprint density at radius 2 is 2.33 bits per heavy atom. The van der Waals surface area contributed by atoms with Crippen LogP contribution in [0.2, 0.25) is 0 Å². The molecule has 0 aromatic carbocycles. The summed E-state index contributed by atoms with van der Waals surface area (Å²) in [5.74, 6) is 1.09. The van der Waals surface area contributed by atoms with Crippen LogP contribution in [0.5, 0.6) is 0 Å². The molecule has 2 saturated heterocycles. The Kier molecular flexibility index (Phi) is 3.56. The van der Waals surface area contributed by atoms with Gasteiger partial charge in [0.2, 0.25) is 0 Å². The summed E-state index contributed by atoms with van der Waals surface area (Å²) in [6, 6.07) is 3.12. The quantitative estimate of drug-likeness (QED) is 0.878.